The van der Waals surface area contributed by atoms with Crippen LogP contribution in [0.3, 0.4) is 0 Å². The Kier molecular flexibility index (Phi) is 8.47. The van der Waals surface area contributed by atoms with Crippen LogP contribution in [0.2, 0.25) is 0 Å². The number of hydrogen-bond donors (Lipinski definition) is 2. The standard InChI is InChI=1S/C27H30N2O4/c1-19(2)14-26(30)29-23-11-7-10-21(15-23)17-28-27(31)22-12-13-24(25(16-22)32-3)33-18-20-8-5-4-6-9-20/h4-13,15-16,19H,14,17-18H2,1-3H3,(H,28,31)(H,29,30). The molecule has 0 unspecified atom stereocenters. The number of anilines is 1. The number of nitrogens with one attached hydrogen (secondary N) is 2. The SMILES string of the molecule is COc1cc(C(=O)NCc2cccc(NC(=O)CC(C)C)c2)ccc1OCc1ccccc1. The van der Waals surface area contributed by atoms with E-state index in [1.54, 1.807) is 25.3 Å². The van der Waals surface area contributed by atoms with E-state index in [0.717, 1.165) is 11.1 Å². The van der Waals surface area contributed by atoms with Crippen molar-refractivity contribution in [3.05, 3.63) is 89.5 Å². The molecule has 2 amide bonds. The normalized spacial score (nSPS) is 10.5. The van der Waals surface area contributed by atoms with Gasteiger partial charge in [0, 0.05) is 24.2 Å². The fourth-order valence-corrected chi connectivity index (χ4v) is 3.29. The van der Waals surface area contributed by atoms with Gasteiger partial charge in [0.25, 0.3) is 5.91 Å². The van der Waals surface area contributed by atoms with Crippen LogP contribution in [0.1, 0.15) is 41.8 Å². The number of rotatable bonds is 10. The Morgan fingerprint density at radius 2 is 1.64 bits per heavy atom. The largest absolute Gasteiger partial charge is 0.493 e. The van der Waals surface area contributed by atoms with Gasteiger partial charge in [0.2, 0.25) is 5.91 Å². The number of methoxy groups -OCH3 is 1. The van der Waals surface area contributed by atoms with E-state index in [0.29, 0.717) is 48.2 Å². The molecule has 6 heteroatoms. The molecule has 6 nitrogen and oxygen atoms in total. The zero-order valence-electron chi connectivity index (χ0n) is 19.3. The maximum atomic E-state index is 12.7. The van der Waals surface area contributed by atoms with Crippen LogP contribution in [-0.2, 0) is 17.9 Å². The van der Waals surface area contributed by atoms with Crippen LogP contribution in [-0.4, -0.2) is 18.9 Å². The molecular formula is C27H30N2O4. The molecule has 2 N–H and O–H groups in total. The molecule has 0 aromatic heterocycles. The van der Waals surface area contributed by atoms with E-state index in [2.05, 4.69) is 10.6 Å². The van der Waals surface area contributed by atoms with Gasteiger partial charge in [-0.2, -0.15) is 0 Å². The van der Waals surface area contributed by atoms with Crippen molar-refractivity contribution in [2.75, 3.05) is 12.4 Å². The van der Waals surface area contributed by atoms with Crippen molar-refractivity contribution in [3.63, 3.8) is 0 Å². The second-order valence-electron chi connectivity index (χ2n) is 8.17. The van der Waals surface area contributed by atoms with E-state index in [9.17, 15) is 9.59 Å². The molecule has 0 saturated carbocycles. The topological polar surface area (TPSA) is 76.7 Å². The summed E-state index contributed by atoms with van der Waals surface area (Å²) in [6, 6.07) is 22.4. The van der Waals surface area contributed by atoms with Crippen LogP contribution < -0.4 is 20.1 Å². The fraction of sp³-hybridized carbons (Fsp3) is 0.259. The smallest absolute Gasteiger partial charge is 0.251 e. The Morgan fingerprint density at radius 3 is 2.36 bits per heavy atom. The minimum Gasteiger partial charge on any atom is -0.493 e. The Morgan fingerprint density at radius 1 is 0.879 bits per heavy atom. The summed E-state index contributed by atoms with van der Waals surface area (Å²) in [6.45, 7) is 4.75. The second kappa shape index (κ2) is 11.7. The first-order valence-electron chi connectivity index (χ1n) is 11.0. The van der Waals surface area contributed by atoms with E-state index in [1.165, 1.54) is 0 Å². The molecule has 0 atom stereocenters. The molecule has 33 heavy (non-hydrogen) atoms. The average Bonchev–Trinajstić information content (AvgIpc) is 2.81. The van der Waals surface area contributed by atoms with Crippen molar-refractivity contribution in [1.82, 2.24) is 5.32 Å². The number of benzene rings is 3. The van der Waals surface area contributed by atoms with Gasteiger partial charge < -0.3 is 20.1 Å². The maximum absolute atomic E-state index is 12.7. The monoisotopic (exact) mass is 446 g/mol. The number of carbonyl (C=O) groups is 2. The van der Waals surface area contributed by atoms with Gasteiger partial charge >= 0.3 is 0 Å². The molecule has 0 aliphatic heterocycles. The molecule has 0 heterocycles. The summed E-state index contributed by atoms with van der Waals surface area (Å²) in [7, 11) is 1.55. The van der Waals surface area contributed by atoms with E-state index < -0.39 is 0 Å². The minimum absolute atomic E-state index is 0.0205. The third-order valence-corrected chi connectivity index (χ3v) is 4.92. The van der Waals surface area contributed by atoms with Gasteiger partial charge in [-0.1, -0.05) is 56.3 Å². The molecule has 0 aliphatic carbocycles. The van der Waals surface area contributed by atoms with Crippen molar-refractivity contribution in [3.8, 4) is 11.5 Å². The third-order valence-electron chi connectivity index (χ3n) is 4.92. The first-order chi connectivity index (χ1) is 15.9. The molecule has 0 radical (unpaired) electrons. The molecule has 3 aromatic rings. The van der Waals surface area contributed by atoms with Crippen LogP contribution in [0.5, 0.6) is 11.5 Å². The van der Waals surface area contributed by atoms with E-state index in [4.69, 9.17) is 9.47 Å². The Balaban J connectivity index is 1.59. The summed E-state index contributed by atoms with van der Waals surface area (Å²) < 4.78 is 11.3. The van der Waals surface area contributed by atoms with Crippen molar-refractivity contribution in [2.24, 2.45) is 5.92 Å². The summed E-state index contributed by atoms with van der Waals surface area (Å²) in [4.78, 5) is 24.7. The van der Waals surface area contributed by atoms with Crippen LogP contribution in [0.15, 0.2) is 72.8 Å². The van der Waals surface area contributed by atoms with Crippen molar-refractivity contribution >= 4 is 17.5 Å². The van der Waals surface area contributed by atoms with E-state index >= 15 is 0 Å². The molecular weight excluding hydrogens is 416 g/mol. The van der Waals surface area contributed by atoms with E-state index in [1.807, 2.05) is 68.4 Å². The number of ether oxygens (including phenoxy) is 2. The second-order valence-corrected chi connectivity index (χ2v) is 8.17. The molecule has 172 valence electrons. The van der Waals surface area contributed by atoms with Gasteiger partial charge in [-0.05, 0) is 47.4 Å². The molecule has 0 spiro atoms. The van der Waals surface area contributed by atoms with Gasteiger partial charge in [-0.15, -0.1) is 0 Å². The molecule has 0 fully saturated rings. The van der Waals surface area contributed by atoms with E-state index in [-0.39, 0.29) is 11.8 Å². The van der Waals surface area contributed by atoms with Gasteiger partial charge in [0.15, 0.2) is 11.5 Å². The maximum Gasteiger partial charge on any atom is 0.251 e. The van der Waals surface area contributed by atoms with Crippen molar-refractivity contribution in [2.45, 2.75) is 33.4 Å². The van der Waals surface area contributed by atoms with Crippen LogP contribution in [0.25, 0.3) is 0 Å². The Labute approximate surface area is 194 Å². The summed E-state index contributed by atoms with van der Waals surface area (Å²) in [5.41, 5.74) is 3.12. The predicted molar refractivity (Wildman–Crippen MR) is 129 cm³/mol. The molecule has 0 saturated heterocycles. The van der Waals surface area contributed by atoms with Crippen LogP contribution >= 0.6 is 0 Å². The molecule has 0 bridgehead atoms. The number of carbonyl (C=O) groups excluding carboxylic acids is 2. The molecule has 3 rings (SSSR count). The van der Waals surface area contributed by atoms with Gasteiger partial charge in [-0.3, -0.25) is 9.59 Å². The Hall–Kier alpha value is -3.80. The highest BCUT2D eigenvalue weighted by atomic mass is 16.5. The van der Waals surface area contributed by atoms with Crippen molar-refractivity contribution < 1.29 is 19.1 Å². The van der Waals surface area contributed by atoms with Gasteiger partial charge in [-0.25, -0.2) is 0 Å². The lowest BCUT2D eigenvalue weighted by atomic mass is 10.1. The zero-order chi connectivity index (χ0) is 23.6. The first kappa shape index (κ1) is 23.9. The summed E-state index contributed by atoms with van der Waals surface area (Å²) in [5.74, 6) is 1.11. The number of amides is 2. The molecule has 0 aliphatic rings. The van der Waals surface area contributed by atoms with Gasteiger partial charge in [0.1, 0.15) is 6.61 Å². The van der Waals surface area contributed by atoms with Gasteiger partial charge in [0.05, 0.1) is 7.11 Å². The minimum atomic E-state index is -0.225. The lowest BCUT2D eigenvalue weighted by molar-refractivity contribution is -0.116. The predicted octanol–water partition coefficient (Wildman–Crippen LogP) is 5.19. The lowest BCUT2D eigenvalue weighted by Crippen LogP contribution is -2.23. The Bertz CT molecular complexity index is 1080. The first-order valence-corrected chi connectivity index (χ1v) is 11.0. The van der Waals surface area contributed by atoms with Crippen molar-refractivity contribution in [1.29, 1.82) is 0 Å². The summed E-state index contributed by atoms with van der Waals surface area (Å²) in [6.07, 6.45) is 0.466. The summed E-state index contributed by atoms with van der Waals surface area (Å²) >= 11 is 0. The highest BCUT2D eigenvalue weighted by Crippen LogP contribution is 2.29. The third kappa shape index (κ3) is 7.38. The average molecular weight is 447 g/mol. The van der Waals surface area contributed by atoms with Crippen LogP contribution in [0, 0.1) is 5.92 Å². The highest BCUT2D eigenvalue weighted by molar-refractivity contribution is 5.95. The van der Waals surface area contributed by atoms with Crippen LogP contribution in [0.4, 0.5) is 5.69 Å². The quantitative estimate of drug-likeness (QED) is 0.449. The summed E-state index contributed by atoms with van der Waals surface area (Å²) in [5, 5.41) is 5.80. The fourth-order valence-electron chi connectivity index (χ4n) is 3.29. The number of hydrogen-bond acceptors (Lipinski definition) is 4. The lowest BCUT2D eigenvalue weighted by Gasteiger charge is -2.13. The zero-order valence-corrected chi connectivity index (χ0v) is 19.3. The highest BCUT2D eigenvalue weighted by Gasteiger charge is 2.12. The molecule has 3 aromatic carbocycles.